The monoisotopic (exact) mass is 551 g/mol. The van der Waals surface area contributed by atoms with E-state index in [4.69, 9.17) is 21.1 Å². The number of carbonyl (C=O) groups is 4. The fourth-order valence-electron chi connectivity index (χ4n) is 3.47. The minimum Gasteiger partial charge on any atom is -0.457 e. The Hall–Kier alpha value is -4.37. The third-order valence-corrected chi connectivity index (χ3v) is 5.84. The molecule has 0 fully saturated rings. The number of nitrogens with one attached hydrogen (secondary N) is 3. The highest BCUT2D eigenvalue weighted by Gasteiger charge is 2.14. The minimum absolute atomic E-state index is 0.136. The van der Waals surface area contributed by atoms with Crippen LogP contribution in [0.15, 0.2) is 66.7 Å². The Bertz CT molecular complexity index is 1340. The van der Waals surface area contributed by atoms with E-state index in [0.717, 1.165) is 16.9 Å². The molecule has 3 N–H and O–H groups in total. The molecule has 3 aromatic carbocycles. The Kier molecular flexibility index (Phi) is 10.5. The molecule has 0 aliphatic rings. The zero-order valence-electron chi connectivity index (χ0n) is 21.9. The third kappa shape index (κ3) is 9.15. The average molecular weight is 552 g/mol. The molecule has 10 heteroatoms. The molecule has 0 aromatic heterocycles. The fourth-order valence-corrected chi connectivity index (χ4v) is 3.69. The maximum Gasteiger partial charge on any atom is 0.306 e. The van der Waals surface area contributed by atoms with Crippen molar-refractivity contribution in [3.8, 4) is 11.5 Å². The van der Waals surface area contributed by atoms with Crippen LogP contribution in [0.1, 0.15) is 54.1 Å². The SMILES string of the molecule is Cc1ccc(C(C)C)c(Oc2ccc(NC(=O)CCC(=O)OCC(=O)NNC(=O)c3ccccc3Cl)cc2)c1. The highest BCUT2D eigenvalue weighted by atomic mass is 35.5. The number of carbonyl (C=O) groups excluding carboxylic acids is 4. The molecule has 39 heavy (non-hydrogen) atoms. The molecule has 0 aliphatic carbocycles. The van der Waals surface area contributed by atoms with Crippen molar-refractivity contribution in [2.24, 2.45) is 0 Å². The summed E-state index contributed by atoms with van der Waals surface area (Å²) in [6.07, 6.45) is -0.361. The Labute approximate surface area is 231 Å². The third-order valence-electron chi connectivity index (χ3n) is 5.51. The van der Waals surface area contributed by atoms with Gasteiger partial charge in [0.15, 0.2) is 6.61 Å². The summed E-state index contributed by atoms with van der Waals surface area (Å²) in [4.78, 5) is 48.0. The maximum absolute atomic E-state index is 12.2. The van der Waals surface area contributed by atoms with Gasteiger partial charge < -0.3 is 14.8 Å². The molecule has 0 unspecified atom stereocenters. The van der Waals surface area contributed by atoms with Crippen LogP contribution < -0.4 is 20.9 Å². The Morgan fingerprint density at radius 2 is 1.59 bits per heavy atom. The number of halogens is 1. The summed E-state index contributed by atoms with van der Waals surface area (Å²) in [5, 5.41) is 2.93. The number of rotatable bonds is 10. The summed E-state index contributed by atoms with van der Waals surface area (Å²) in [7, 11) is 0. The topological polar surface area (TPSA) is 123 Å². The number of esters is 1. The van der Waals surface area contributed by atoms with Crippen molar-refractivity contribution < 1.29 is 28.7 Å². The number of aryl methyl sites for hydroxylation is 1. The van der Waals surface area contributed by atoms with Crippen molar-refractivity contribution in [2.45, 2.75) is 39.5 Å². The second kappa shape index (κ2) is 14.0. The van der Waals surface area contributed by atoms with E-state index in [1.165, 1.54) is 12.1 Å². The predicted molar refractivity (Wildman–Crippen MR) is 148 cm³/mol. The number of ether oxygens (including phenoxy) is 2. The van der Waals surface area contributed by atoms with Gasteiger partial charge in [-0.25, -0.2) is 0 Å². The van der Waals surface area contributed by atoms with Crippen LogP contribution >= 0.6 is 11.6 Å². The summed E-state index contributed by atoms with van der Waals surface area (Å²) in [6, 6.07) is 19.3. The highest BCUT2D eigenvalue weighted by Crippen LogP contribution is 2.32. The van der Waals surface area contributed by atoms with Gasteiger partial charge in [-0.1, -0.05) is 49.7 Å². The zero-order chi connectivity index (χ0) is 28.4. The van der Waals surface area contributed by atoms with Crippen LogP contribution in [-0.4, -0.2) is 30.3 Å². The molecule has 9 nitrogen and oxygen atoms in total. The van der Waals surface area contributed by atoms with Gasteiger partial charge in [0.2, 0.25) is 5.91 Å². The molecule has 3 rings (SSSR count). The second-order valence-electron chi connectivity index (χ2n) is 9.01. The van der Waals surface area contributed by atoms with E-state index >= 15 is 0 Å². The van der Waals surface area contributed by atoms with E-state index in [0.29, 0.717) is 17.4 Å². The lowest BCUT2D eigenvalue weighted by molar-refractivity contribution is -0.149. The molecular formula is C29H30ClN3O6. The zero-order valence-corrected chi connectivity index (χ0v) is 22.6. The first kappa shape index (κ1) is 29.2. The van der Waals surface area contributed by atoms with Crippen LogP contribution in [0.5, 0.6) is 11.5 Å². The first-order valence-corrected chi connectivity index (χ1v) is 12.7. The van der Waals surface area contributed by atoms with Crippen molar-refractivity contribution in [3.63, 3.8) is 0 Å². The highest BCUT2D eigenvalue weighted by molar-refractivity contribution is 6.33. The molecule has 0 radical (unpaired) electrons. The summed E-state index contributed by atoms with van der Waals surface area (Å²) in [5.74, 6) is -0.769. The summed E-state index contributed by atoms with van der Waals surface area (Å²) in [5.41, 5.74) is 7.23. The molecule has 0 atom stereocenters. The van der Waals surface area contributed by atoms with Crippen molar-refractivity contribution in [3.05, 3.63) is 88.4 Å². The van der Waals surface area contributed by atoms with E-state index < -0.39 is 30.3 Å². The lowest BCUT2D eigenvalue weighted by atomic mass is 10.0. The molecular weight excluding hydrogens is 522 g/mol. The molecule has 3 aromatic rings. The van der Waals surface area contributed by atoms with Crippen molar-refractivity contribution >= 4 is 41.0 Å². The summed E-state index contributed by atoms with van der Waals surface area (Å²) >= 11 is 5.92. The second-order valence-corrected chi connectivity index (χ2v) is 9.42. The Balaban J connectivity index is 1.38. The van der Waals surface area contributed by atoms with Crippen LogP contribution in [0.25, 0.3) is 0 Å². The number of hydrogen-bond acceptors (Lipinski definition) is 6. The van der Waals surface area contributed by atoms with E-state index in [2.05, 4.69) is 42.1 Å². The van der Waals surface area contributed by atoms with Crippen LogP contribution in [0.4, 0.5) is 5.69 Å². The van der Waals surface area contributed by atoms with Gasteiger partial charge in [-0.2, -0.15) is 0 Å². The predicted octanol–water partition coefficient (Wildman–Crippen LogP) is 5.29. The van der Waals surface area contributed by atoms with Crippen molar-refractivity contribution in [1.82, 2.24) is 10.9 Å². The van der Waals surface area contributed by atoms with Gasteiger partial charge in [0, 0.05) is 12.1 Å². The van der Waals surface area contributed by atoms with E-state index in [-0.39, 0.29) is 23.4 Å². The number of anilines is 1. The first-order valence-electron chi connectivity index (χ1n) is 12.3. The Morgan fingerprint density at radius 1 is 0.872 bits per heavy atom. The van der Waals surface area contributed by atoms with Crippen LogP contribution in [0, 0.1) is 6.92 Å². The largest absolute Gasteiger partial charge is 0.457 e. The lowest BCUT2D eigenvalue weighted by Crippen LogP contribution is -2.43. The molecule has 0 spiro atoms. The van der Waals surface area contributed by atoms with Crippen molar-refractivity contribution in [2.75, 3.05) is 11.9 Å². The summed E-state index contributed by atoms with van der Waals surface area (Å²) in [6.45, 7) is 5.58. The molecule has 0 aliphatic heterocycles. The van der Waals surface area contributed by atoms with Gasteiger partial charge in [-0.05, 0) is 66.4 Å². The molecule has 0 bridgehead atoms. The van der Waals surface area contributed by atoms with Gasteiger partial charge in [0.1, 0.15) is 11.5 Å². The smallest absolute Gasteiger partial charge is 0.306 e. The number of benzene rings is 3. The Morgan fingerprint density at radius 3 is 2.28 bits per heavy atom. The number of amides is 3. The van der Waals surface area contributed by atoms with Gasteiger partial charge in [0.05, 0.1) is 17.0 Å². The number of hydrogen-bond donors (Lipinski definition) is 3. The fraction of sp³-hybridized carbons (Fsp3) is 0.241. The van der Waals surface area contributed by atoms with Crippen LogP contribution in [0.3, 0.4) is 0 Å². The lowest BCUT2D eigenvalue weighted by Gasteiger charge is -2.15. The van der Waals surface area contributed by atoms with E-state index in [1.54, 1.807) is 36.4 Å². The molecule has 3 amide bonds. The minimum atomic E-state index is -0.748. The first-order chi connectivity index (χ1) is 18.6. The van der Waals surface area contributed by atoms with Crippen LogP contribution in [-0.2, 0) is 19.1 Å². The average Bonchev–Trinajstić information content (AvgIpc) is 2.90. The van der Waals surface area contributed by atoms with E-state index in [9.17, 15) is 19.2 Å². The van der Waals surface area contributed by atoms with Gasteiger partial charge >= 0.3 is 5.97 Å². The molecule has 0 saturated carbocycles. The van der Waals surface area contributed by atoms with E-state index in [1.807, 2.05) is 13.0 Å². The normalized spacial score (nSPS) is 10.5. The molecule has 0 saturated heterocycles. The van der Waals surface area contributed by atoms with Crippen LogP contribution in [0.2, 0.25) is 5.02 Å². The molecule has 204 valence electrons. The van der Waals surface area contributed by atoms with Crippen molar-refractivity contribution in [1.29, 1.82) is 0 Å². The quantitative estimate of drug-likeness (QED) is 0.232. The number of hydrazine groups is 1. The standard InChI is InChI=1S/C29H30ClN3O6/c1-18(2)22-13-8-19(3)16-25(22)39-21-11-9-20(10-12-21)31-26(34)14-15-28(36)38-17-27(35)32-33-29(37)23-6-4-5-7-24(23)30/h4-13,16,18H,14-15,17H2,1-3H3,(H,31,34)(H,32,35)(H,33,37). The maximum atomic E-state index is 12.2. The van der Waals surface area contributed by atoms with Gasteiger partial charge in [-0.15, -0.1) is 0 Å². The summed E-state index contributed by atoms with van der Waals surface area (Å²) < 4.78 is 10.9. The van der Waals surface area contributed by atoms with Gasteiger partial charge in [-0.3, -0.25) is 30.0 Å². The molecule has 0 heterocycles. The van der Waals surface area contributed by atoms with Gasteiger partial charge in [0.25, 0.3) is 11.8 Å².